The van der Waals surface area contributed by atoms with Crippen molar-refractivity contribution < 1.29 is 10.2 Å². The van der Waals surface area contributed by atoms with Gasteiger partial charge in [0, 0.05) is 12.8 Å². The van der Waals surface area contributed by atoms with Crippen LogP contribution in [0.4, 0.5) is 0 Å². The third-order valence-electron chi connectivity index (χ3n) is 2.99. The van der Waals surface area contributed by atoms with Crippen molar-refractivity contribution in [2.75, 3.05) is 0 Å². The zero-order valence-corrected chi connectivity index (χ0v) is 10.0. The van der Waals surface area contributed by atoms with Gasteiger partial charge in [-0.2, -0.15) is 0 Å². The zero-order valence-electron chi connectivity index (χ0n) is 10.0. The fourth-order valence-corrected chi connectivity index (χ4v) is 2.05. The summed E-state index contributed by atoms with van der Waals surface area (Å²) in [5.74, 6) is 0. The molecule has 0 radical (unpaired) electrons. The van der Waals surface area contributed by atoms with E-state index < -0.39 is 11.2 Å². The molecule has 2 heteroatoms. The van der Waals surface area contributed by atoms with Crippen molar-refractivity contribution in [1.82, 2.24) is 0 Å². The van der Waals surface area contributed by atoms with E-state index in [0.717, 1.165) is 24.8 Å². The Morgan fingerprint density at radius 1 is 1.25 bits per heavy atom. The number of benzene rings is 1. The second kappa shape index (κ2) is 3.86. The number of rotatable bonds is 4. The quantitative estimate of drug-likeness (QED) is 0.815. The van der Waals surface area contributed by atoms with Gasteiger partial charge >= 0.3 is 0 Å². The summed E-state index contributed by atoms with van der Waals surface area (Å²) in [6.45, 7) is 3.63. The van der Waals surface area contributed by atoms with Crippen LogP contribution in [0, 0.1) is 0 Å². The van der Waals surface area contributed by atoms with Crippen LogP contribution in [-0.4, -0.2) is 21.4 Å². The van der Waals surface area contributed by atoms with Gasteiger partial charge in [-0.25, -0.2) is 0 Å². The minimum absolute atomic E-state index is 0.437. The van der Waals surface area contributed by atoms with E-state index in [1.165, 1.54) is 5.56 Å². The molecule has 0 bridgehead atoms. The lowest BCUT2D eigenvalue weighted by Gasteiger charge is -2.17. The average Bonchev–Trinajstić information content (AvgIpc) is 2.80. The highest BCUT2D eigenvalue weighted by molar-refractivity contribution is 5.27. The standard InChI is InChI=1S/C14H20O2/c1-13(2,15)9-11-4-3-5-12(8-11)10-14(16)6-7-14/h3-5,8,15-16H,6-7,9-10H2,1-2H3. The fourth-order valence-electron chi connectivity index (χ4n) is 2.05. The molecule has 1 aliphatic carbocycles. The number of hydrogen-bond acceptors (Lipinski definition) is 2. The molecule has 16 heavy (non-hydrogen) atoms. The maximum absolute atomic E-state index is 9.86. The van der Waals surface area contributed by atoms with Gasteiger partial charge in [0.25, 0.3) is 0 Å². The van der Waals surface area contributed by atoms with Gasteiger partial charge in [0.05, 0.1) is 11.2 Å². The largest absolute Gasteiger partial charge is 0.390 e. The smallest absolute Gasteiger partial charge is 0.0690 e. The molecule has 1 saturated carbocycles. The van der Waals surface area contributed by atoms with Crippen molar-refractivity contribution in [3.63, 3.8) is 0 Å². The normalized spacial score (nSPS) is 18.5. The molecule has 0 unspecified atom stereocenters. The Morgan fingerprint density at radius 3 is 2.44 bits per heavy atom. The Morgan fingerprint density at radius 2 is 1.88 bits per heavy atom. The van der Waals surface area contributed by atoms with E-state index in [4.69, 9.17) is 0 Å². The minimum Gasteiger partial charge on any atom is -0.390 e. The topological polar surface area (TPSA) is 40.5 Å². The highest BCUT2D eigenvalue weighted by Gasteiger charge is 2.40. The molecule has 1 fully saturated rings. The number of hydrogen-bond donors (Lipinski definition) is 2. The van der Waals surface area contributed by atoms with Gasteiger partial charge in [-0.15, -0.1) is 0 Å². The first-order valence-corrected chi connectivity index (χ1v) is 5.89. The minimum atomic E-state index is -0.672. The van der Waals surface area contributed by atoms with Crippen LogP contribution in [-0.2, 0) is 12.8 Å². The van der Waals surface area contributed by atoms with Crippen molar-refractivity contribution in [2.45, 2.75) is 50.7 Å². The van der Waals surface area contributed by atoms with Crippen LogP contribution in [0.2, 0.25) is 0 Å². The summed E-state index contributed by atoms with van der Waals surface area (Å²) in [5, 5.41) is 19.6. The predicted molar refractivity (Wildman–Crippen MR) is 64.3 cm³/mol. The fraction of sp³-hybridized carbons (Fsp3) is 0.571. The van der Waals surface area contributed by atoms with Crippen LogP contribution in [0.15, 0.2) is 24.3 Å². The van der Waals surface area contributed by atoms with Crippen LogP contribution in [0.3, 0.4) is 0 Å². The van der Waals surface area contributed by atoms with Crippen LogP contribution < -0.4 is 0 Å². The molecule has 2 rings (SSSR count). The molecule has 0 saturated heterocycles. The van der Waals surface area contributed by atoms with E-state index in [1.807, 2.05) is 32.0 Å². The summed E-state index contributed by atoms with van der Waals surface area (Å²) in [6.07, 6.45) is 3.23. The summed E-state index contributed by atoms with van der Waals surface area (Å²) in [7, 11) is 0. The summed E-state index contributed by atoms with van der Waals surface area (Å²) in [6, 6.07) is 8.17. The summed E-state index contributed by atoms with van der Waals surface area (Å²) in [5.41, 5.74) is 1.19. The van der Waals surface area contributed by atoms with Gasteiger partial charge < -0.3 is 10.2 Å². The van der Waals surface area contributed by atoms with Gasteiger partial charge in [0.15, 0.2) is 0 Å². The summed E-state index contributed by atoms with van der Waals surface area (Å²) >= 11 is 0. The third-order valence-corrected chi connectivity index (χ3v) is 2.99. The van der Waals surface area contributed by atoms with Gasteiger partial charge in [0.2, 0.25) is 0 Å². The molecule has 1 aromatic carbocycles. The Balaban J connectivity index is 2.07. The second-order valence-corrected chi connectivity index (χ2v) is 5.71. The van der Waals surface area contributed by atoms with Crippen molar-refractivity contribution in [2.24, 2.45) is 0 Å². The molecule has 0 heterocycles. The van der Waals surface area contributed by atoms with Crippen LogP contribution in [0.5, 0.6) is 0 Å². The van der Waals surface area contributed by atoms with Crippen LogP contribution >= 0.6 is 0 Å². The number of aliphatic hydroxyl groups is 2. The lowest BCUT2D eigenvalue weighted by Crippen LogP contribution is -2.22. The monoisotopic (exact) mass is 220 g/mol. The Bertz CT molecular complexity index is 350. The molecule has 1 aliphatic rings. The molecule has 0 amide bonds. The van der Waals surface area contributed by atoms with Crippen molar-refractivity contribution in [3.8, 4) is 0 Å². The average molecular weight is 220 g/mol. The first-order chi connectivity index (χ1) is 7.36. The summed E-state index contributed by atoms with van der Waals surface area (Å²) < 4.78 is 0. The highest BCUT2D eigenvalue weighted by atomic mass is 16.3. The predicted octanol–water partition coefficient (Wildman–Crippen LogP) is 2.07. The van der Waals surface area contributed by atoms with E-state index in [-0.39, 0.29) is 0 Å². The van der Waals surface area contributed by atoms with Gasteiger partial charge in [0.1, 0.15) is 0 Å². The second-order valence-electron chi connectivity index (χ2n) is 5.71. The van der Waals surface area contributed by atoms with E-state index in [1.54, 1.807) is 0 Å². The van der Waals surface area contributed by atoms with E-state index >= 15 is 0 Å². The molecule has 2 N–H and O–H groups in total. The van der Waals surface area contributed by atoms with Gasteiger partial charge in [-0.3, -0.25) is 0 Å². The molecular formula is C14H20O2. The maximum Gasteiger partial charge on any atom is 0.0690 e. The SMILES string of the molecule is CC(C)(O)Cc1cccc(CC2(O)CC2)c1. The molecule has 1 aromatic rings. The van der Waals surface area contributed by atoms with E-state index in [0.29, 0.717) is 6.42 Å². The zero-order chi connectivity index (χ0) is 11.8. The van der Waals surface area contributed by atoms with Crippen molar-refractivity contribution in [3.05, 3.63) is 35.4 Å². The van der Waals surface area contributed by atoms with E-state index in [2.05, 4.69) is 6.07 Å². The molecule has 0 spiro atoms. The molecule has 0 aromatic heterocycles. The lowest BCUT2D eigenvalue weighted by molar-refractivity contribution is 0.0810. The summed E-state index contributed by atoms with van der Waals surface area (Å²) in [4.78, 5) is 0. The molecule has 2 nitrogen and oxygen atoms in total. The van der Waals surface area contributed by atoms with Crippen molar-refractivity contribution in [1.29, 1.82) is 0 Å². The molecule has 0 atom stereocenters. The first-order valence-electron chi connectivity index (χ1n) is 5.89. The van der Waals surface area contributed by atoms with Crippen LogP contribution in [0.1, 0.15) is 37.8 Å². The Kier molecular flexibility index (Phi) is 2.81. The lowest BCUT2D eigenvalue weighted by atomic mass is 9.96. The first kappa shape index (κ1) is 11.6. The molecule has 88 valence electrons. The maximum atomic E-state index is 9.86. The van der Waals surface area contributed by atoms with Gasteiger partial charge in [-0.1, -0.05) is 24.3 Å². The molecular weight excluding hydrogens is 200 g/mol. The third kappa shape index (κ3) is 3.32. The van der Waals surface area contributed by atoms with E-state index in [9.17, 15) is 10.2 Å². The highest BCUT2D eigenvalue weighted by Crippen LogP contribution is 2.38. The van der Waals surface area contributed by atoms with Crippen LogP contribution in [0.25, 0.3) is 0 Å². The van der Waals surface area contributed by atoms with Gasteiger partial charge in [-0.05, 0) is 37.8 Å². The Labute approximate surface area is 96.9 Å². The van der Waals surface area contributed by atoms with Crippen molar-refractivity contribution >= 4 is 0 Å². The molecule has 0 aliphatic heterocycles. The Hall–Kier alpha value is -0.860.